The molecule has 0 spiro atoms. The molecule has 23 heavy (non-hydrogen) atoms. The number of benzene rings is 1. The van der Waals surface area contributed by atoms with Crippen LogP contribution in [0, 0.1) is 0 Å². The molecule has 1 amide bonds. The highest BCUT2D eigenvalue weighted by molar-refractivity contribution is 5.95. The first-order valence-electron chi connectivity index (χ1n) is 7.99. The van der Waals surface area contributed by atoms with Gasteiger partial charge in [0.2, 0.25) is 5.91 Å². The lowest BCUT2D eigenvalue weighted by atomic mass is 10.1. The summed E-state index contributed by atoms with van der Waals surface area (Å²) in [6.45, 7) is 3.40. The van der Waals surface area contributed by atoms with E-state index in [1.165, 1.54) is 0 Å². The van der Waals surface area contributed by atoms with Crippen LogP contribution < -0.4 is 10.2 Å². The number of anilines is 1. The highest BCUT2D eigenvalue weighted by Gasteiger charge is 2.22. The van der Waals surface area contributed by atoms with Crippen molar-refractivity contribution in [2.45, 2.75) is 39.0 Å². The Balaban J connectivity index is 1.65. The second-order valence-electron chi connectivity index (χ2n) is 5.87. The lowest BCUT2D eigenvalue weighted by Gasteiger charge is -2.19. The number of rotatable bonds is 6. The van der Waals surface area contributed by atoms with Crippen LogP contribution in [0.4, 0.5) is 5.69 Å². The van der Waals surface area contributed by atoms with E-state index in [-0.39, 0.29) is 18.6 Å². The van der Waals surface area contributed by atoms with E-state index in [0.29, 0.717) is 18.7 Å². The number of nitrogens with one attached hydrogen (secondary N) is 1. The minimum absolute atomic E-state index is 0.0819. The summed E-state index contributed by atoms with van der Waals surface area (Å²) in [4.78, 5) is 13.7. The summed E-state index contributed by atoms with van der Waals surface area (Å²) in [5.41, 5.74) is 2.11. The normalized spacial score (nSPS) is 16.1. The Morgan fingerprint density at radius 2 is 2.13 bits per heavy atom. The van der Waals surface area contributed by atoms with Gasteiger partial charge in [0.1, 0.15) is 18.1 Å². The molecule has 5 nitrogen and oxygen atoms in total. The van der Waals surface area contributed by atoms with Crippen LogP contribution in [0.25, 0.3) is 0 Å². The molecule has 5 heteroatoms. The lowest BCUT2D eigenvalue weighted by Crippen LogP contribution is -2.24. The fourth-order valence-corrected chi connectivity index (χ4v) is 2.86. The molecule has 2 aromatic rings. The molecule has 1 aromatic carbocycles. The zero-order chi connectivity index (χ0) is 16.2. The summed E-state index contributed by atoms with van der Waals surface area (Å²) >= 11 is 0. The van der Waals surface area contributed by atoms with Gasteiger partial charge in [0.15, 0.2) is 0 Å². The molecule has 1 saturated heterocycles. The average molecular weight is 314 g/mol. The van der Waals surface area contributed by atoms with Crippen molar-refractivity contribution in [3.8, 4) is 0 Å². The number of furan rings is 1. The first-order valence-corrected chi connectivity index (χ1v) is 7.99. The minimum Gasteiger partial charge on any atom is -0.462 e. The van der Waals surface area contributed by atoms with Crippen molar-refractivity contribution in [1.82, 2.24) is 5.32 Å². The molecular formula is C18H22N2O3. The van der Waals surface area contributed by atoms with Crippen LogP contribution in [0.1, 0.15) is 42.9 Å². The van der Waals surface area contributed by atoms with Gasteiger partial charge in [-0.15, -0.1) is 0 Å². The second kappa shape index (κ2) is 6.98. The average Bonchev–Trinajstić information content (AvgIpc) is 3.21. The SMILES string of the molecule is CC(NCc1ccc(CO)o1)c1cccc(N2CCCC2=O)c1. The van der Waals surface area contributed by atoms with Crippen molar-refractivity contribution in [1.29, 1.82) is 0 Å². The zero-order valence-corrected chi connectivity index (χ0v) is 13.3. The quantitative estimate of drug-likeness (QED) is 0.860. The maximum absolute atomic E-state index is 11.9. The predicted octanol–water partition coefficient (Wildman–Crippen LogP) is 2.75. The molecule has 2 N–H and O–H groups in total. The first-order chi connectivity index (χ1) is 11.2. The van der Waals surface area contributed by atoms with Gasteiger partial charge in [0, 0.05) is 24.7 Å². The van der Waals surface area contributed by atoms with E-state index >= 15 is 0 Å². The van der Waals surface area contributed by atoms with Gasteiger partial charge in [-0.3, -0.25) is 4.79 Å². The van der Waals surface area contributed by atoms with E-state index in [2.05, 4.69) is 24.4 Å². The topological polar surface area (TPSA) is 65.7 Å². The van der Waals surface area contributed by atoms with Crippen molar-refractivity contribution in [3.05, 3.63) is 53.5 Å². The highest BCUT2D eigenvalue weighted by Crippen LogP contribution is 2.25. The molecule has 1 atom stereocenters. The fraction of sp³-hybridized carbons (Fsp3) is 0.389. The minimum atomic E-state index is -0.0819. The van der Waals surface area contributed by atoms with Crippen molar-refractivity contribution in [2.24, 2.45) is 0 Å². The Labute approximate surface area is 135 Å². The van der Waals surface area contributed by atoms with Crippen LogP contribution in [0.5, 0.6) is 0 Å². The van der Waals surface area contributed by atoms with Crippen LogP contribution in [-0.4, -0.2) is 17.6 Å². The van der Waals surface area contributed by atoms with Gasteiger partial charge in [-0.05, 0) is 43.2 Å². The molecule has 1 aliphatic rings. The fourth-order valence-electron chi connectivity index (χ4n) is 2.86. The molecule has 3 rings (SSSR count). The van der Waals surface area contributed by atoms with Gasteiger partial charge in [-0.25, -0.2) is 0 Å². The van der Waals surface area contributed by atoms with Gasteiger partial charge in [-0.1, -0.05) is 12.1 Å². The predicted molar refractivity (Wildman–Crippen MR) is 87.9 cm³/mol. The van der Waals surface area contributed by atoms with E-state index in [0.717, 1.165) is 30.0 Å². The van der Waals surface area contributed by atoms with E-state index in [9.17, 15) is 4.79 Å². The summed E-state index contributed by atoms with van der Waals surface area (Å²) in [5.74, 6) is 1.57. The lowest BCUT2D eigenvalue weighted by molar-refractivity contribution is -0.117. The van der Waals surface area contributed by atoms with E-state index in [4.69, 9.17) is 9.52 Å². The van der Waals surface area contributed by atoms with Crippen LogP contribution in [0.2, 0.25) is 0 Å². The third kappa shape index (κ3) is 3.63. The van der Waals surface area contributed by atoms with Gasteiger partial charge >= 0.3 is 0 Å². The molecule has 0 aliphatic carbocycles. The first kappa shape index (κ1) is 15.8. The summed E-state index contributed by atoms with van der Waals surface area (Å²) in [6.07, 6.45) is 1.58. The van der Waals surface area contributed by atoms with E-state index in [1.807, 2.05) is 23.1 Å². The van der Waals surface area contributed by atoms with Gasteiger partial charge in [0.05, 0.1) is 6.54 Å². The zero-order valence-electron chi connectivity index (χ0n) is 13.3. The Bertz CT molecular complexity index is 680. The number of aliphatic hydroxyl groups is 1. The maximum Gasteiger partial charge on any atom is 0.227 e. The monoisotopic (exact) mass is 314 g/mol. The second-order valence-corrected chi connectivity index (χ2v) is 5.87. The molecule has 2 heterocycles. The molecule has 1 fully saturated rings. The summed E-state index contributed by atoms with van der Waals surface area (Å²) in [5, 5.41) is 12.4. The maximum atomic E-state index is 11.9. The molecule has 122 valence electrons. The molecule has 1 aliphatic heterocycles. The summed E-state index contributed by atoms with van der Waals surface area (Å²) in [7, 11) is 0. The Morgan fingerprint density at radius 1 is 1.30 bits per heavy atom. The molecule has 0 saturated carbocycles. The van der Waals surface area contributed by atoms with Crippen LogP contribution in [0.3, 0.4) is 0 Å². The van der Waals surface area contributed by atoms with E-state index < -0.39 is 0 Å². The van der Waals surface area contributed by atoms with Gasteiger partial charge in [0.25, 0.3) is 0 Å². The van der Waals surface area contributed by atoms with Gasteiger partial charge < -0.3 is 19.7 Å². The number of nitrogens with zero attached hydrogens (tertiary/aromatic N) is 1. The van der Waals surface area contributed by atoms with Crippen LogP contribution in [0.15, 0.2) is 40.8 Å². The summed E-state index contributed by atoms with van der Waals surface area (Å²) < 4.78 is 5.47. The number of hydrogen-bond donors (Lipinski definition) is 2. The van der Waals surface area contributed by atoms with Gasteiger partial charge in [-0.2, -0.15) is 0 Å². The third-order valence-electron chi connectivity index (χ3n) is 4.21. The number of carbonyl (C=O) groups is 1. The Morgan fingerprint density at radius 3 is 2.83 bits per heavy atom. The van der Waals surface area contributed by atoms with Crippen LogP contribution >= 0.6 is 0 Å². The van der Waals surface area contributed by atoms with Crippen LogP contribution in [-0.2, 0) is 17.9 Å². The Kier molecular flexibility index (Phi) is 4.79. The number of aliphatic hydroxyl groups excluding tert-OH is 1. The smallest absolute Gasteiger partial charge is 0.227 e. The van der Waals surface area contributed by atoms with Crippen molar-refractivity contribution >= 4 is 11.6 Å². The van der Waals surface area contributed by atoms with Crippen molar-refractivity contribution < 1.29 is 14.3 Å². The molecule has 0 radical (unpaired) electrons. The number of carbonyl (C=O) groups excluding carboxylic acids is 1. The number of amides is 1. The highest BCUT2D eigenvalue weighted by atomic mass is 16.4. The molecular weight excluding hydrogens is 292 g/mol. The third-order valence-corrected chi connectivity index (χ3v) is 4.21. The van der Waals surface area contributed by atoms with Crippen molar-refractivity contribution in [3.63, 3.8) is 0 Å². The molecule has 0 bridgehead atoms. The molecule has 1 unspecified atom stereocenters. The standard InChI is InChI=1S/C18H22N2O3/c1-13(19-11-16-7-8-17(12-21)23-16)14-4-2-5-15(10-14)20-9-3-6-18(20)22/h2,4-5,7-8,10,13,19,21H,3,6,9,11-12H2,1H3. The largest absolute Gasteiger partial charge is 0.462 e. The number of hydrogen-bond acceptors (Lipinski definition) is 4. The summed E-state index contributed by atoms with van der Waals surface area (Å²) in [6, 6.07) is 11.9. The molecule has 1 aromatic heterocycles. The van der Waals surface area contributed by atoms with Crippen molar-refractivity contribution in [2.75, 3.05) is 11.4 Å². The Hall–Kier alpha value is -2.11. The van der Waals surface area contributed by atoms with E-state index in [1.54, 1.807) is 6.07 Å².